The van der Waals surface area contributed by atoms with Gasteiger partial charge in [-0.2, -0.15) is 10.2 Å². The van der Waals surface area contributed by atoms with E-state index in [1.54, 1.807) is 52.9 Å². The molecule has 3 rings (SSSR count). The lowest BCUT2D eigenvalue weighted by atomic mass is 10.2. The highest BCUT2D eigenvalue weighted by Gasteiger charge is 2.12. The van der Waals surface area contributed by atoms with Crippen LogP contribution in [0.2, 0.25) is 0 Å². The van der Waals surface area contributed by atoms with Gasteiger partial charge in [0.05, 0.1) is 15.9 Å². The molecule has 0 saturated carbocycles. The van der Waals surface area contributed by atoms with E-state index in [1.807, 2.05) is 13.8 Å². The molecule has 3 aromatic rings. The van der Waals surface area contributed by atoms with Crippen LogP contribution >= 0.6 is 15.9 Å². The van der Waals surface area contributed by atoms with Crippen LogP contribution in [0.4, 0.5) is 11.4 Å². The molecular formula is C18H19BrN6O2. The second-order valence-electron chi connectivity index (χ2n) is 6.10. The molecule has 2 amide bonds. The van der Waals surface area contributed by atoms with E-state index in [2.05, 4.69) is 36.8 Å². The molecule has 1 aromatic carbocycles. The van der Waals surface area contributed by atoms with Crippen molar-refractivity contribution in [2.45, 2.75) is 20.4 Å². The van der Waals surface area contributed by atoms with Crippen LogP contribution in [-0.2, 0) is 18.4 Å². The molecule has 140 valence electrons. The van der Waals surface area contributed by atoms with Gasteiger partial charge in [0.1, 0.15) is 6.54 Å². The number of amides is 2. The molecule has 0 aliphatic rings. The van der Waals surface area contributed by atoms with Gasteiger partial charge < -0.3 is 10.6 Å². The van der Waals surface area contributed by atoms with E-state index in [-0.39, 0.29) is 18.4 Å². The summed E-state index contributed by atoms with van der Waals surface area (Å²) in [5, 5.41) is 14.0. The van der Waals surface area contributed by atoms with Gasteiger partial charge in [0, 0.05) is 24.6 Å². The summed E-state index contributed by atoms with van der Waals surface area (Å²) >= 11 is 3.45. The smallest absolute Gasteiger partial charge is 0.276 e. The van der Waals surface area contributed by atoms with Gasteiger partial charge in [0.15, 0.2) is 5.69 Å². The molecule has 2 N–H and O–H groups in total. The molecule has 2 heterocycles. The largest absolute Gasteiger partial charge is 0.324 e. The molecule has 0 fully saturated rings. The summed E-state index contributed by atoms with van der Waals surface area (Å²) in [4.78, 5) is 24.3. The molecule has 0 saturated heterocycles. The van der Waals surface area contributed by atoms with Crippen molar-refractivity contribution in [2.24, 2.45) is 7.05 Å². The monoisotopic (exact) mass is 430 g/mol. The maximum absolute atomic E-state index is 12.2. The van der Waals surface area contributed by atoms with E-state index in [9.17, 15) is 9.59 Å². The Bertz CT molecular complexity index is 990. The van der Waals surface area contributed by atoms with Crippen molar-refractivity contribution in [1.29, 1.82) is 0 Å². The standard InChI is InChI=1S/C18H19BrN6O2/c1-11-17(19)12(2)25(22-11)10-16(26)20-13-4-6-14(7-5-13)21-18(27)15-8-9-24(3)23-15/h4-9H,10H2,1-3H3,(H,20,26)(H,21,27). The minimum absolute atomic E-state index is 0.121. The Kier molecular flexibility index (Phi) is 5.41. The van der Waals surface area contributed by atoms with Crippen molar-refractivity contribution in [3.05, 3.63) is 58.1 Å². The Morgan fingerprint density at radius 1 is 1.04 bits per heavy atom. The summed E-state index contributed by atoms with van der Waals surface area (Å²) in [6, 6.07) is 8.53. The Balaban J connectivity index is 1.59. The van der Waals surface area contributed by atoms with E-state index < -0.39 is 0 Å². The molecule has 8 nitrogen and oxygen atoms in total. The molecule has 0 atom stereocenters. The number of carbonyl (C=O) groups is 2. The minimum Gasteiger partial charge on any atom is -0.324 e. The average Bonchev–Trinajstić information content (AvgIpc) is 3.16. The quantitative estimate of drug-likeness (QED) is 0.650. The van der Waals surface area contributed by atoms with Crippen molar-refractivity contribution in [3.63, 3.8) is 0 Å². The SMILES string of the molecule is Cc1nn(CC(=O)Nc2ccc(NC(=O)c3ccn(C)n3)cc2)c(C)c1Br. The fourth-order valence-corrected chi connectivity index (χ4v) is 2.82. The molecular weight excluding hydrogens is 412 g/mol. The number of anilines is 2. The van der Waals surface area contributed by atoms with Gasteiger partial charge in [0.2, 0.25) is 5.91 Å². The maximum Gasteiger partial charge on any atom is 0.276 e. The Morgan fingerprint density at radius 3 is 2.19 bits per heavy atom. The molecule has 0 aliphatic heterocycles. The second-order valence-corrected chi connectivity index (χ2v) is 6.89. The number of nitrogens with zero attached hydrogens (tertiary/aromatic N) is 4. The number of hydrogen-bond donors (Lipinski definition) is 2. The van der Waals surface area contributed by atoms with Gasteiger partial charge in [0.25, 0.3) is 5.91 Å². The number of aromatic nitrogens is 4. The zero-order valence-corrected chi connectivity index (χ0v) is 16.7. The van der Waals surface area contributed by atoms with Crippen molar-refractivity contribution in [1.82, 2.24) is 19.6 Å². The van der Waals surface area contributed by atoms with Gasteiger partial charge in [-0.25, -0.2) is 0 Å². The Hall–Kier alpha value is -2.94. The van der Waals surface area contributed by atoms with Crippen molar-refractivity contribution in [3.8, 4) is 0 Å². The van der Waals surface area contributed by atoms with Crippen LogP contribution in [0.1, 0.15) is 21.9 Å². The third-order valence-electron chi connectivity index (χ3n) is 3.96. The number of benzene rings is 1. The van der Waals surface area contributed by atoms with Crippen LogP contribution in [0.3, 0.4) is 0 Å². The number of rotatable bonds is 5. The maximum atomic E-state index is 12.2. The molecule has 2 aromatic heterocycles. The molecule has 0 aliphatic carbocycles. The second kappa shape index (κ2) is 7.75. The predicted molar refractivity (Wildman–Crippen MR) is 106 cm³/mol. The predicted octanol–water partition coefficient (Wildman–Crippen LogP) is 2.89. The molecule has 27 heavy (non-hydrogen) atoms. The lowest BCUT2D eigenvalue weighted by Crippen LogP contribution is -2.20. The van der Waals surface area contributed by atoms with E-state index in [1.165, 1.54) is 0 Å². The summed E-state index contributed by atoms with van der Waals surface area (Å²) in [5.41, 5.74) is 3.33. The topological polar surface area (TPSA) is 93.8 Å². The zero-order chi connectivity index (χ0) is 19.6. The first-order chi connectivity index (χ1) is 12.8. The molecule has 0 bridgehead atoms. The fraction of sp³-hybridized carbons (Fsp3) is 0.222. The lowest BCUT2D eigenvalue weighted by Gasteiger charge is -2.08. The highest BCUT2D eigenvalue weighted by molar-refractivity contribution is 9.10. The summed E-state index contributed by atoms with van der Waals surface area (Å²) < 4.78 is 4.12. The summed E-state index contributed by atoms with van der Waals surface area (Å²) in [7, 11) is 1.75. The summed E-state index contributed by atoms with van der Waals surface area (Å²) in [6.45, 7) is 3.90. The average molecular weight is 431 g/mol. The lowest BCUT2D eigenvalue weighted by molar-refractivity contribution is -0.116. The van der Waals surface area contributed by atoms with Crippen molar-refractivity contribution < 1.29 is 9.59 Å². The fourth-order valence-electron chi connectivity index (χ4n) is 2.53. The first-order valence-corrected chi connectivity index (χ1v) is 9.03. The Labute approximate surface area is 164 Å². The number of carbonyl (C=O) groups excluding carboxylic acids is 2. The first kappa shape index (κ1) is 18.8. The highest BCUT2D eigenvalue weighted by Crippen LogP contribution is 2.20. The third-order valence-corrected chi connectivity index (χ3v) is 5.11. The summed E-state index contributed by atoms with van der Waals surface area (Å²) in [5.74, 6) is -0.471. The van der Waals surface area contributed by atoms with Crippen LogP contribution in [0, 0.1) is 13.8 Å². The van der Waals surface area contributed by atoms with Crippen LogP contribution in [0.5, 0.6) is 0 Å². The van der Waals surface area contributed by atoms with Crippen LogP contribution in [0.25, 0.3) is 0 Å². The highest BCUT2D eigenvalue weighted by atomic mass is 79.9. The number of hydrogen-bond acceptors (Lipinski definition) is 4. The first-order valence-electron chi connectivity index (χ1n) is 8.24. The van der Waals surface area contributed by atoms with Crippen LogP contribution in [0.15, 0.2) is 41.0 Å². The third kappa shape index (κ3) is 4.43. The van der Waals surface area contributed by atoms with Crippen molar-refractivity contribution in [2.75, 3.05) is 10.6 Å². The van der Waals surface area contributed by atoms with E-state index in [0.29, 0.717) is 17.1 Å². The zero-order valence-electron chi connectivity index (χ0n) is 15.2. The van der Waals surface area contributed by atoms with Crippen LogP contribution < -0.4 is 10.6 Å². The summed E-state index contributed by atoms with van der Waals surface area (Å²) in [6.07, 6.45) is 1.70. The number of aryl methyl sites for hydroxylation is 2. The molecule has 9 heteroatoms. The molecule has 0 unspecified atom stereocenters. The number of halogens is 1. The van der Waals surface area contributed by atoms with Crippen LogP contribution in [-0.4, -0.2) is 31.4 Å². The number of nitrogens with one attached hydrogen (secondary N) is 2. The normalized spacial score (nSPS) is 10.7. The van der Waals surface area contributed by atoms with Gasteiger partial charge >= 0.3 is 0 Å². The molecule has 0 radical (unpaired) electrons. The molecule has 0 spiro atoms. The van der Waals surface area contributed by atoms with E-state index >= 15 is 0 Å². The van der Waals surface area contributed by atoms with Crippen molar-refractivity contribution >= 4 is 39.1 Å². The van der Waals surface area contributed by atoms with Gasteiger partial charge in [-0.05, 0) is 60.1 Å². The van der Waals surface area contributed by atoms with E-state index in [4.69, 9.17) is 0 Å². The van der Waals surface area contributed by atoms with Gasteiger partial charge in [-0.3, -0.25) is 19.0 Å². The Morgan fingerprint density at radius 2 is 1.67 bits per heavy atom. The van der Waals surface area contributed by atoms with E-state index in [0.717, 1.165) is 15.9 Å². The minimum atomic E-state index is -0.289. The van der Waals surface area contributed by atoms with Gasteiger partial charge in [-0.1, -0.05) is 0 Å². The van der Waals surface area contributed by atoms with Gasteiger partial charge in [-0.15, -0.1) is 0 Å².